The third kappa shape index (κ3) is 6.78. The fourth-order valence-electron chi connectivity index (χ4n) is 10.1. The monoisotopic (exact) mass is 864 g/mol. The van der Waals surface area contributed by atoms with Gasteiger partial charge in [0.2, 0.25) is 0 Å². The first-order chi connectivity index (χ1) is 33.7. The highest BCUT2D eigenvalue weighted by Gasteiger charge is 2.17. The maximum Gasteiger partial charge on any atom is 0.0803 e. The van der Waals surface area contributed by atoms with E-state index in [9.17, 15) is 0 Å². The second-order valence-corrected chi connectivity index (χ2v) is 17.3. The van der Waals surface area contributed by atoms with E-state index in [-0.39, 0.29) is 0 Å². The summed E-state index contributed by atoms with van der Waals surface area (Å²) in [7, 11) is 0. The summed E-state index contributed by atoms with van der Waals surface area (Å²) >= 11 is 0. The predicted molar refractivity (Wildman–Crippen MR) is 286 cm³/mol. The zero-order chi connectivity index (χ0) is 45.0. The Morgan fingerprint density at radius 2 is 0.794 bits per heavy atom. The largest absolute Gasteiger partial charge is 0.256 e. The van der Waals surface area contributed by atoms with Crippen LogP contribution in [0.25, 0.3) is 131 Å². The van der Waals surface area contributed by atoms with Crippen LogP contribution in [0, 0.1) is 0 Å². The van der Waals surface area contributed by atoms with Crippen molar-refractivity contribution in [1.82, 2.24) is 19.9 Å². The summed E-state index contributed by atoms with van der Waals surface area (Å²) in [5.41, 5.74) is 12.7. The lowest BCUT2D eigenvalue weighted by Gasteiger charge is -2.16. The molecule has 0 aliphatic heterocycles. The molecular weight excluding hydrogens is 825 g/mol. The smallest absolute Gasteiger partial charge is 0.0803 e. The molecule has 0 radical (unpaired) electrons. The van der Waals surface area contributed by atoms with Crippen molar-refractivity contribution in [3.8, 4) is 44.8 Å². The SMILES string of the molecule is c1ccc(-c2ccc3ccc4ncc(-c5cc6ccccc6c6ccccc56)cc4c3n2)cc1.c1ccc(-c2nc3ccc4cccnc4c3cc2-c2cc3ccccc3c3ccccc23)cc1. The van der Waals surface area contributed by atoms with Crippen LogP contribution in [-0.2, 0) is 0 Å². The molecule has 0 bridgehead atoms. The first kappa shape index (κ1) is 39.3. The van der Waals surface area contributed by atoms with E-state index in [2.05, 4.69) is 212 Å². The molecule has 0 aliphatic rings. The van der Waals surface area contributed by atoms with Crippen molar-refractivity contribution >= 4 is 86.7 Å². The van der Waals surface area contributed by atoms with Crippen LogP contribution < -0.4 is 0 Å². The van der Waals surface area contributed by atoms with Gasteiger partial charge >= 0.3 is 0 Å². The van der Waals surface area contributed by atoms with Crippen molar-refractivity contribution in [2.24, 2.45) is 0 Å². The van der Waals surface area contributed by atoms with Gasteiger partial charge < -0.3 is 0 Å². The van der Waals surface area contributed by atoms with Crippen molar-refractivity contribution in [3.63, 3.8) is 0 Å². The van der Waals surface area contributed by atoms with Gasteiger partial charge in [0.05, 0.1) is 33.5 Å². The van der Waals surface area contributed by atoms with E-state index in [1.807, 2.05) is 30.6 Å². The minimum atomic E-state index is 0.957. The van der Waals surface area contributed by atoms with Gasteiger partial charge in [-0.1, -0.05) is 182 Å². The maximum absolute atomic E-state index is 5.22. The molecule has 4 aromatic heterocycles. The molecule has 68 heavy (non-hydrogen) atoms. The van der Waals surface area contributed by atoms with Crippen LogP contribution >= 0.6 is 0 Å². The van der Waals surface area contributed by atoms with Crippen molar-refractivity contribution in [1.29, 1.82) is 0 Å². The molecule has 14 aromatic rings. The Balaban J connectivity index is 0.000000134. The van der Waals surface area contributed by atoms with Crippen LogP contribution in [0.1, 0.15) is 0 Å². The average Bonchev–Trinajstić information content (AvgIpc) is 3.42. The van der Waals surface area contributed by atoms with Gasteiger partial charge in [-0.05, 0) is 103 Å². The lowest BCUT2D eigenvalue weighted by Crippen LogP contribution is -1.94. The van der Waals surface area contributed by atoms with Gasteiger partial charge in [-0.25, -0.2) is 9.97 Å². The first-order valence-electron chi connectivity index (χ1n) is 23.0. The Hall–Kier alpha value is -9.12. The molecule has 0 atom stereocenters. The normalized spacial score (nSPS) is 11.5. The highest BCUT2D eigenvalue weighted by atomic mass is 14.7. The Bertz CT molecular complexity index is 4260. The van der Waals surface area contributed by atoms with E-state index < -0.39 is 0 Å². The van der Waals surface area contributed by atoms with Crippen LogP contribution in [0.15, 0.2) is 243 Å². The molecule has 316 valence electrons. The van der Waals surface area contributed by atoms with Crippen LogP contribution in [0.2, 0.25) is 0 Å². The second-order valence-electron chi connectivity index (χ2n) is 17.3. The molecule has 0 N–H and O–H groups in total. The molecule has 0 unspecified atom stereocenters. The molecule has 4 heteroatoms. The second kappa shape index (κ2) is 16.4. The number of pyridine rings is 4. The van der Waals surface area contributed by atoms with E-state index in [4.69, 9.17) is 19.9 Å². The van der Waals surface area contributed by atoms with Crippen molar-refractivity contribution in [2.45, 2.75) is 0 Å². The number of aromatic nitrogens is 4. The third-order valence-electron chi connectivity index (χ3n) is 13.3. The molecule has 4 heterocycles. The van der Waals surface area contributed by atoms with Gasteiger partial charge in [-0.2, -0.15) is 0 Å². The molecule has 0 spiro atoms. The van der Waals surface area contributed by atoms with Crippen molar-refractivity contribution in [3.05, 3.63) is 243 Å². The summed E-state index contributed by atoms with van der Waals surface area (Å²) in [5.74, 6) is 0. The van der Waals surface area contributed by atoms with Crippen molar-refractivity contribution in [2.75, 3.05) is 0 Å². The topological polar surface area (TPSA) is 51.6 Å². The zero-order valence-corrected chi connectivity index (χ0v) is 36.9. The molecule has 14 rings (SSSR count). The fourth-order valence-corrected chi connectivity index (χ4v) is 10.1. The highest BCUT2D eigenvalue weighted by molar-refractivity contribution is 6.17. The Labute approximate surface area is 392 Å². The molecule has 4 nitrogen and oxygen atoms in total. The van der Waals surface area contributed by atoms with Gasteiger partial charge in [-0.15, -0.1) is 0 Å². The number of hydrogen-bond acceptors (Lipinski definition) is 4. The summed E-state index contributed by atoms with van der Waals surface area (Å²) in [6.45, 7) is 0. The summed E-state index contributed by atoms with van der Waals surface area (Å²) in [6, 6.07) is 81.2. The van der Waals surface area contributed by atoms with E-state index in [0.717, 1.165) is 77.3 Å². The standard InChI is InChI=1S/2C32H20N2/c1-2-9-21(10-3-1)32-28(20-29-30(34-32)17-16-22-12-8-18-33-31(22)29)27-19-23-11-4-5-13-24(23)25-14-6-7-15-26(25)27;1-2-8-21(9-3-1)30-16-14-22-15-17-31-29(32(22)34-30)19-24(20-33-31)28-18-23-10-4-5-11-25(23)26-12-6-7-13-27(26)28/h2*1-20H. The van der Waals surface area contributed by atoms with Crippen LogP contribution in [0.4, 0.5) is 0 Å². The average molecular weight is 865 g/mol. The summed E-state index contributed by atoms with van der Waals surface area (Å²) in [4.78, 5) is 19.9. The molecule has 10 aromatic carbocycles. The van der Waals surface area contributed by atoms with E-state index in [1.54, 1.807) is 0 Å². The molecule has 0 amide bonds. The summed E-state index contributed by atoms with van der Waals surface area (Å²) in [6.07, 6.45) is 3.85. The quantitative estimate of drug-likeness (QED) is 0.165. The lowest BCUT2D eigenvalue weighted by atomic mass is 9.90. The fraction of sp³-hybridized carbons (Fsp3) is 0. The predicted octanol–water partition coefficient (Wildman–Crippen LogP) is 16.8. The molecule has 0 saturated carbocycles. The van der Waals surface area contributed by atoms with Gasteiger partial charge in [0.25, 0.3) is 0 Å². The number of rotatable bonds is 4. The Morgan fingerprint density at radius 3 is 1.50 bits per heavy atom. The Kier molecular flexibility index (Phi) is 9.47. The molecule has 0 saturated heterocycles. The molecule has 0 aliphatic carbocycles. The minimum absolute atomic E-state index is 0.957. The number of fused-ring (bicyclic) bond motifs is 12. The van der Waals surface area contributed by atoms with E-state index in [1.165, 1.54) is 54.2 Å². The summed E-state index contributed by atoms with van der Waals surface area (Å²) in [5, 5.41) is 14.4. The van der Waals surface area contributed by atoms with Crippen LogP contribution in [0.3, 0.4) is 0 Å². The van der Waals surface area contributed by atoms with Gasteiger partial charge in [0.15, 0.2) is 0 Å². The van der Waals surface area contributed by atoms with Crippen molar-refractivity contribution < 1.29 is 0 Å². The highest BCUT2D eigenvalue weighted by Crippen LogP contribution is 2.42. The van der Waals surface area contributed by atoms with Gasteiger partial charge in [-0.3, -0.25) is 9.97 Å². The third-order valence-corrected chi connectivity index (χ3v) is 13.3. The first-order valence-corrected chi connectivity index (χ1v) is 23.0. The minimum Gasteiger partial charge on any atom is -0.256 e. The van der Waals surface area contributed by atoms with Crippen LogP contribution in [-0.4, -0.2) is 19.9 Å². The Morgan fingerprint density at radius 1 is 0.265 bits per heavy atom. The molecular formula is C64H40N4. The molecule has 0 fully saturated rings. The number of benzene rings is 10. The van der Waals surface area contributed by atoms with E-state index in [0.29, 0.717) is 0 Å². The maximum atomic E-state index is 5.22. The van der Waals surface area contributed by atoms with E-state index >= 15 is 0 Å². The van der Waals surface area contributed by atoms with Crippen LogP contribution in [0.5, 0.6) is 0 Å². The summed E-state index contributed by atoms with van der Waals surface area (Å²) < 4.78 is 0. The van der Waals surface area contributed by atoms with Gasteiger partial charge in [0.1, 0.15) is 0 Å². The van der Waals surface area contributed by atoms with Gasteiger partial charge in [0, 0.05) is 56.2 Å². The zero-order valence-electron chi connectivity index (χ0n) is 36.9. The lowest BCUT2D eigenvalue weighted by molar-refractivity contribution is 1.38. The number of nitrogens with zero attached hydrogens (tertiary/aromatic N) is 4. The number of hydrogen-bond donors (Lipinski definition) is 0.